The lowest BCUT2D eigenvalue weighted by Gasteiger charge is -2.02. The molecule has 14 heavy (non-hydrogen) atoms. The summed E-state index contributed by atoms with van der Waals surface area (Å²) in [7, 11) is -3.77. The van der Waals surface area contributed by atoms with Gasteiger partial charge < -0.3 is 9.92 Å². The van der Waals surface area contributed by atoms with Gasteiger partial charge in [0.25, 0.3) is 0 Å². The van der Waals surface area contributed by atoms with Gasteiger partial charge >= 0.3 is 16.1 Å². The van der Waals surface area contributed by atoms with Gasteiger partial charge in [-0.3, -0.25) is 9.59 Å². The van der Waals surface area contributed by atoms with E-state index in [4.69, 9.17) is 5.73 Å². The minimum absolute atomic E-state index is 0.0887. The number of hydrogen-bond acceptors (Lipinski definition) is 6. The van der Waals surface area contributed by atoms with Gasteiger partial charge in [0.15, 0.2) is 0 Å². The van der Waals surface area contributed by atoms with Crippen molar-refractivity contribution in [3.05, 3.63) is 0 Å². The van der Waals surface area contributed by atoms with Crippen LogP contribution in [0.1, 0.15) is 19.8 Å². The van der Waals surface area contributed by atoms with Crippen LogP contribution in [0.2, 0.25) is 0 Å². The van der Waals surface area contributed by atoms with E-state index in [2.05, 4.69) is 4.18 Å². The zero-order valence-electron chi connectivity index (χ0n) is 7.86. The van der Waals surface area contributed by atoms with Crippen molar-refractivity contribution in [2.45, 2.75) is 19.8 Å². The maximum Gasteiger partial charge on any atom is 0.322 e. The number of carbonyl (C=O) groups excluding carboxylic acids is 2. The van der Waals surface area contributed by atoms with Gasteiger partial charge in [0.1, 0.15) is 5.78 Å². The fraction of sp³-hybridized carbons (Fsp3) is 0.714. The summed E-state index contributed by atoms with van der Waals surface area (Å²) in [6.07, 6.45) is -0.343. The maximum atomic E-state index is 10.8. The van der Waals surface area contributed by atoms with E-state index in [1.807, 2.05) is 0 Å². The highest BCUT2D eigenvalue weighted by molar-refractivity contribution is 7.87. The Kier molecular flexibility index (Phi) is 5.32. The molecule has 0 aliphatic carbocycles. The van der Waals surface area contributed by atoms with Gasteiger partial charge in [-0.05, 0) is 6.92 Å². The van der Waals surface area contributed by atoms with Crippen LogP contribution in [0.4, 0.5) is 0 Å². The largest absolute Gasteiger partial charge is 0.346 e. The van der Waals surface area contributed by atoms with Gasteiger partial charge in [-0.25, -0.2) is 0 Å². The Balaban J connectivity index is 3.95. The summed E-state index contributed by atoms with van der Waals surface area (Å²) < 4.78 is 25.7. The summed E-state index contributed by atoms with van der Waals surface area (Å²) in [5.41, 5.74) is 4.99. The summed E-state index contributed by atoms with van der Waals surface area (Å²) >= 11 is 0. The molecule has 0 aromatic heterocycles. The van der Waals surface area contributed by atoms with Crippen LogP contribution in [0.3, 0.4) is 0 Å². The molecule has 0 unspecified atom stereocenters. The number of Topliss-reactive ketones (excluding diaryl/α,β-unsaturated/α-hetero) is 1. The second-order valence-corrected chi connectivity index (χ2v) is 4.40. The van der Waals surface area contributed by atoms with Crippen LogP contribution in [0.5, 0.6) is 0 Å². The third-order valence-electron chi connectivity index (χ3n) is 1.41. The second kappa shape index (κ2) is 5.71. The third-order valence-corrected chi connectivity index (χ3v) is 2.56. The fourth-order valence-electron chi connectivity index (χ4n) is 0.586. The lowest BCUT2D eigenvalue weighted by molar-refractivity contribution is -0.135. The molecular formula is C7H13NO5S. The van der Waals surface area contributed by atoms with Crippen molar-refractivity contribution in [3.8, 4) is 0 Å². The zero-order chi connectivity index (χ0) is 11.2. The van der Waals surface area contributed by atoms with Crippen LogP contribution >= 0.6 is 0 Å². The van der Waals surface area contributed by atoms with E-state index in [-0.39, 0.29) is 30.9 Å². The third kappa shape index (κ3) is 5.65. The maximum absolute atomic E-state index is 10.8. The zero-order valence-corrected chi connectivity index (χ0v) is 8.67. The normalized spacial score (nSPS) is 11.0. The second-order valence-electron chi connectivity index (χ2n) is 2.54. The van der Waals surface area contributed by atoms with Crippen molar-refractivity contribution in [2.75, 3.05) is 12.3 Å². The van der Waals surface area contributed by atoms with Gasteiger partial charge in [0.2, 0.25) is 0 Å². The van der Waals surface area contributed by atoms with Crippen LogP contribution in [0, 0.1) is 0 Å². The first-order valence-electron chi connectivity index (χ1n) is 4.08. The molecule has 0 aromatic rings. The highest BCUT2D eigenvalue weighted by Crippen LogP contribution is 1.99. The molecule has 0 fully saturated rings. The van der Waals surface area contributed by atoms with E-state index >= 15 is 0 Å². The van der Waals surface area contributed by atoms with Crippen LogP contribution in [-0.2, 0) is 23.9 Å². The lowest BCUT2D eigenvalue weighted by Crippen LogP contribution is -2.18. The van der Waals surface area contributed by atoms with E-state index < -0.39 is 16.1 Å². The van der Waals surface area contributed by atoms with Gasteiger partial charge in [0.05, 0.1) is 18.7 Å². The minimum Gasteiger partial charge on any atom is -0.346 e. The fourth-order valence-corrected chi connectivity index (χ4v) is 1.07. The molecule has 6 nitrogen and oxygen atoms in total. The quantitative estimate of drug-likeness (QED) is 0.590. The van der Waals surface area contributed by atoms with Crippen LogP contribution < -0.4 is 5.73 Å². The van der Waals surface area contributed by atoms with Crippen LogP contribution in [0.15, 0.2) is 0 Å². The molecule has 0 bridgehead atoms. The summed E-state index contributed by atoms with van der Waals surface area (Å²) in [5, 5.41) is 0. The summed E-state index contributed by atoms with van der Waals surface area (Å²) in [6.45, 7) is 1.20. The highest BCUT2D eigenvalue weighted by atomic mass is 32.2. The Labute approximate surface area is 82.5 Å². The molecule has 0 saturated carbocycles. The van der Waals surface area contributed by atoms with Gasteiger partial charge in [0, 0.05) is 6.42 Å². The lowest BCUT2D eigenvalue weighted by atomic mass is 10.2. The number of ketones is 1. The molecule has 0 aliphatic heterocycles. The van der Waals surface area contributed by atoms with Gasteiger partial charge in [-0.2, -0.15) is 8.42 Å². The van der Waals surface area contributed by atoms with E-state index in [0.717, 1.165) is 0 Å². The van der Waals surface area contributed by atoms with Crippen molar-refractivity contribution in [1.82, 2.24) is 0 Å². The molecule has 0 rings (SSSR count). The van der Waals surface area contributed by atoms with Crippen LogP contribution in [-0.4, -0.2) is 32.5 Å². The molecule has 0 spiro atoms. The summed E-state index contributed by atoms with van der Waals surface area (Å²) in [6, 6.07) is 0. The molecule has 0 aliphatic rings. The predicted octanol–water partition coefficient (Wildman–Crippen LogP) is -0.813. The average Bonchev–Trinajstić information content (AvgIpc) is 2.13. The Morgan fingerprint density at radius 2 is 1.86 bits per heavy atom. The van der Waals surface area contributed by atoms with E-state index in [9.17, 15) is 18.0 Å². The van der Waals surface area contributed by atoms with Crippen LogP contribution in [0.25, 0.3) is 0 Å². The first kappa shape index (κ1) is 13.1. The molecule has 0 radical (unpaired) electrons. The first-order chi connectivity index (χ1) is 6.41. The molecule has 7 heteroatoms. The van der Waals surface area contributed by atoms with Gasteiger partial charge in [-0.1, -0.05) is 0 Å². The van der Waals surface area contributed by atoms with E-state index in [1.165, 1.54) is 6.92 Å². The van der Waals surface area contributed by atoms with Crippen molar-refractivity contribution < 1.29 is 22.2 Å². The predicted molar refractivity (Wildman–Crippen MR) is 48.8 cm³/mol. The average molecular weight is 223 g/mol. The molecule has 0 amide bonds. The molecule has 0 aromatic carbocycles. The molecule has 0 heterocycles. The van der Waals surface area contributed by atoms with Crippen molar-refractivity contribution >= 4 is 21.9 Å². The minimum atomic E-state index is -3.77. The van der Waals surface area contributed by atoms with Gasteiger partial charge in [-0.15, -0.1) is 0 Å². The number of nitrogens with two attached hydrogens (primary N) is 1. The monoisotopic (exact) mass is 223 g/mol. The SMILES string of the molecule is CCS(=O)(=O)OC(=O)CCC(=O)CN. The number of carbonyl (C=O) groups is 2. The van der Waals surface area contributed by atoms with E-state index in [1.54, 1.807) is 0 Å². The Morgan fingerprint density at radius 1 is 1.29 bits per heavy atom. The van der Waals surface area contributed by atoms with Crippen molar-refractivity contribution in [2.24, 2.45) is 5.73 Å². The van der Waals surface area contributed by atoms with Crippen molar-refractivity contribution in [3.63, 3.8) is 0 Å². The molecule has 82 valence electrons. The Bertz CT molecular complexity index is 308. The Morgan fingerprint density at radius 3 is 2.29 bits per heavy atom. The highest BCUT2D eigenvalue weighted by Gasteiger charge is 2.15. The summed E-state index contributed by atoms with van der Waals surface area (Å²) in [5.74, 6) is -1.51. The molecule has 0 saturated heterocycles. The topological polar surface area (TPSA) is 104 Å². The number of rotatable bonds is 6. The van der Waals surface area contributed by atoms with E-state index in [0.29, 0.717) is 0 Å². The standard InChI is InChI=1S/C7H13NO5S/c1-2-14(11,12)13-7(10)4-3-6(9)5-8/h2-5,8H2,1H3. The summed E-state index contributed by atoms with van der Waals surface area (Å²) in [4.78, 5) is 21.5. The number of hydrogen-bond donors (Lipinski definition) is 1. The molecule has 2 N–H and O–H groups in total. The molecular weight excluding hydrogens is 210 g/mol. The smallest absolute Gasteiger partial charge is 0.322 e. The van der Waals surface area contributed by atoms with Crippen molar-refractivity contribution in [1.29, 1.82) is 0 Å². The Hall–Kier alpha value is -0.950. The molecule has 0 atom stereocenters. The first-order valence-corrected chi connectivity index (χ1v) is 5.65.